The lowest BCUT2D eigenvalue weighted by atomic mass is 9.97. The van der Waals surface area contributed by atoms with Crippen LogP contribution in [-0.2, 0) is 4.74 Å². The quantitative estimate of drug-likeness (QED) is 0.503. The average Bonchev–Trinajstić information content (AvgIpc) is 2.79. The molecule has 0 radical (unpaired) electrons. The van der Waals surface area contributed by atoms with Crippen molar-refractivity contribution in [2.24, 2.45) is 16.8 Å². The van der Waals surface area contributed by atoms with Crippen LogP contribution < -0.4 is 0 Å². The van der Waals surface area contributed by atoms with Crippen molar-refractivity contribution >= 4 is 17.5 Å². The molecule has 188 valence electrons. The number of hydrogen-bond acceptors (Lipinski definition) is 5. The van der Waals surface area contributed by atoms with Gasteiger partial charge in [0.1, 0.15) is 17.2 Å². The summed E-state index contributed by atoms with van der Waals surface area (Å²) in [5.41, 5.74) is 2.51. The number of pyridine rings is 2. The highest BCUT2D eigenvalue weighted by molar-refractivity contribution is 6.00. The molecule has 0 N–H and O–H groups in total. The Labute approximate surface area is 206 Å². The smallest absolute Gasteiger partial charge is 0.414 e. The molecule has 1 amide bonds. The van der Waals surface area contributed by atoms with Crippen LogP contribution in [0.15, 0.2) is 48.0 Å². The number of rotatable bonds is 2. The van der Waals surface area contributed by atoms with Crippen molar-refractivity contribution in [3.63, 3.8) is 0 Å². The number of ether oxygens (including phenoxy) is 1. The van der Waals surface area contributed by atoms with Crippen molar-refractivity contribution in [1.29, 1.82) is 0 Å². The maximum atomic E-state index is 13.4. The van der Waals surface area contributed by atoms with Crippen LogP contribution in [0.4, 0.5) is 13.6 Å². The molecule has 4 rings (SSSR count). The molecule has 2 aromatic heterocycles. The highest BCUT2D eigenvalue weighted by Gasteiger charge is 2.29. The van der Waals surface area contributed by atoms with E-state index in [4.69, 9.17) is 4.74 Å². The second kappa shape index (κ2) is 11.5. The van der Waals surface area contributed by atoms with Crippen LogP contribution in [0.25, 0.3) is 5.70 Å². The lowest BCUT2D eigenvalue weighted by molar-refractivity contribution is 0.0327. The Morgan fingerprint density at radius 2 is 1.63 bits per heavy atom. The molecule has 0 bridgehead atoms. The Bertz CT molecular complexity index is 1090. The second-order valence-corrected chi connectivity index (χ2v) is 10.2. The van der Waals surface area contributed by atoms with Crippen molar-refractivity contribution in [3.8, 4) is 0 Å². The molecule has 0 unspecified atom stereocenters. The normalized spacial score (nSPS) is 20.3. The number of amides is 1. The molecule has 0 aliphatic carbocycles. The van der Waals surface area contributed by atoms with Crippen molar-refractivity contribution < 1.29 is 18.3 Å². The van der Waals surface area contributed by atoms with Crippen molar-refractivity contribution in [2.75, 3.05) is 13.1 Å². The first-order valence-electron chi connectivity index (χ1n) is 12.0. The summed E-state index contributed by atoms with van der Waals surface area (Å²) >= 11 is 0. The lowest BCUT2D eigenvalue weighted by Crippen LogP contribution is -2.39. The zero-order chi connectivity index (χ0) is 25.6. The fourth-order valence-electron chi connectivity index (χ4n) is 3.85. The first kappa shape index (κ1) is 26.4. The van der Waals surface area contributed by atoms with Gasteiger partial charge in [-0.15, -0.1) is 0 Å². The molecule has 2 aromatic rings. The predicted octanol–water partition coefficient (Wildman–Crippen LogP) is 6.28. The Kier molecular flexibility index (Phi) is 8.70. The van der Waals surface area contributed by atoms with Gasteiger partial charge in [-0.05, 0) is 64.0 Å². The van der Waals surface area contributed by atoms with Crippen LogP contribution in [-0.4, -0.2) is 45.4 Å². The maximum Gasteiger partial charge on any atom is 0.414 e. The number of aromatic nitrogens is 2. The highest BCUT2D eigenvalue weighted by atomic mass is 19.1. The molecule has 2 aliphatic heterocycles. The zero-order valence-electron chi connectivity index (χ0n) is 21.1. The van der Waals surface area contributed by atoms with Crippen LogP contribution in [0.1, 0.15) is 65.0 Å². The number of hydrogen-bond donors (Lipinski definition) is 0. The van der Waals surface area contributed by atoms with E-state index in [9.17, 15) is 13.6 Å². The van der Waals surface area contributed by atoms with E-state index in [2.05, 4.69) is 28.8 Å². The van der Waals surface area contributed by atoms with Gasteiger partial charge >= 0.3 is 6.09 Å². The summed E-state index contributed by atoms with van der Waals surface area (Å²) in [7, 11) is 0. The first-order chi connectivity index (χ1) is 16.5. The van der Waals surface area contributed by atoms with Crippen LogP contribution >= 0.6 is 0 Å². The molecule has 0 saturated carbocycles. The molecule has 0 saturated heterocycles. The van der Waals surface area contributed by atoms with Gasteiger partial charge in [-0.1, -0.05) is 19.9 Å². The third-order valence-corrected chi connectivity index (χ3v) is 5.62. The SMILES string of the molecule is C[C@H]1CC=C(c2cncc(F)c2)N(C(=O)OC(C)(C)C)C1.C[C@H]1CCC(c2cncc(F)c2)=NC1. The molecule has 8 heteroatoms. The molecular weight excluding hydrogens is 450 g/mol. The van der Waals surface area contributed by atoms with Gasteiger partial charge in [0.25, 0.3) is 0 Å². The minimum atomic E-state index is -0.566. The third-order valence-electron chi connectivity index (χ3n) is 5.62. The number of allylic oxidation sites excluding steroid dienone is 1. The maximum absolute atomic E-state index is 13.4. The molecule has 0 fully saturated rings. The number of halogens is 2. The molecule has 0 aromatic carbocycles. The highest BCUT2D eigenvalue weighted by Crippen LogP contribution is 2.29. The van der Waals surface area contributed by atoms with Crippen molar-refractivity contribution in [1.82, 2.24) is 14.9 Å². The molecule has 35 heavy (non-hydrogen) atoms. The summed E-state index contributed by atoms with van der Waals surface area (Å²) in [6.07, 6.45) is 10.0. The predicted molar refractivity (Wildman–Crippen MR) is 133 cm³/mol. The van der Waals surface area contributed by atoms with Gasteiger partial charge in [0.15, 0.2) is 0 Å². The molecular formula is C27H34F2N4O2. The summed E-state index contributed by atoms with van der Waals surface area (Å²) in [4.78, 5) is 26.0. The number of aliphatic imine (C=N–C) groups is 1. The molecule has 0 spiro atoms. The van der Waals surface area contributed by atoms with Gasteiger partial charge in [-0.2, -0.15) is 0 Å². The van der Waals surface area contributed by atoms with E-state index >= 15 is 0 Å². The topological polar surface area (TPSA) is 67.7 Å². The molecule has 2 aliphatic rings. The van der Waals surface area contributed by atoms with E-state index in [0.29, 0.717) is 29.6 Å². The van der Waals surface area contributed by atoms with E-state index < -0.39 is 17.5 Å². The fraction of sp³-hybridized carbons (Fsp3) is 0.481. The molecule has 6 nitrogen and oxygen atoms in total. The van der Waals surface area contributed by atoms with Gasteiger partial charge in [-0.3, -0.25) is 19.9 Å². The first-order valence-corrected chi connectivity index (χ1v) is 12.0. The Balaban J connectivity index is 0.000000211. The summed E-state index contributed by atoms with van der Waals surface area (Å²) in [5, 5.41) is 0. The number of carbonyl (C=O) groups excluding carboxylic acids is 1. The minimum absolute atomic E-state index is 0.288. The van der Waals surface area contributed by atoms with Gasteiger partial charge < -0.3 is 4.74 Å². The van der Waals surface area contributed by atoms with Gasteiger partial charge in [0, 0.05) is 42.3 Å². The van der Waals surface area contributed by atoms with Crippen LogP contribution in [0.3, 0.4) is 0 Å². The monoisotopic (exact) mass is 484 g/mol. The average molecular weight is 485 g/mol. The number of nitrogens with zero attached hydrogens (tertiary/aromatic N) is 4. The van der Waals surface area contributed by atoms with Gasteiger partial charge in [0.05, 0.1) is 18.1 Å². The van der Waals surface area contributed by atoms with E-state index in [-0.39, 0.29) is 5.82 Å². The van der Waals surface area contributed by atoms with E-state index in [1.165, 1.54) is 18.3 Å². The van der Waals surface area contributed by atoms with E-state index in [0.717, 1.165) is 43.3 Å². The van der Waals surface area contributed by atoms with Crippen LogP contribution in [0.2, 0.25) is 0 Å². The lowest BCUT2D eigenvalue weighted by Gasteiger charge is -2.33. The zero-order valence-corrected chi connectivity index (χ0v) is 21.1. The van der Waals surface area contributed by atoms with E-state index in [1.54, 1.807) is 17.3 Å². The fourth-order valence-corrected chi connectivity index (χ4v) is 3.85. The largest absolute Gasteiger partial charge is 0.443 e. The van der Waals surface area contributed by atoms with Gasteiger partial charge in [0.2, 0.25) is 0 Å². The summed E-state index contributed by atoms with van der Waals surface area (Å²) in [6, 6.07) is 2.88. The van der Waals surface area contributed by atoms with Crippen molar-refractivity contribution in [2.45, 2.75) is 59.5 Å². The summed E-state index contributed by atoms with van der Waals surface area (Å²) < 4.78 is 31.7. The van der Waals surface area contributed by atoms with E-state index in [1.807, 2.05) is 26.8 Å². The summed E-state index contributed by atoms with van der Waals surface area (Å²) in [6.45, 7) is 11.1. The molecule has 4 heterocycles. The standard InChI is InChI=1S/C16H21FN2O2.C11H13FN2/c1-11-5-6-14(12-7-13(17)9-18-8-12)19(10-11)15(20)21-16(2,3)4;1-8-2-3-11(14-5-8)9-4-10(12)7-13-6-9/h6-9,11H,5,10H2,1-4H3;4,6-8H,2-3,5H2,1H3/t11-;8-/m00/s1. The second-order valence-electron chi connectivity index (χ2n) is 10.2. The third kappa shape index (κ3) is 7.94. The Hall–Kier alpha value is -3.16. The number of carbonyl (C=O) groups is 1. The van der Waals surface area contributed by atoms with Crippen LogP contribution in [0, 0.1) is 23.5 Å². The Morgan fingerprint density at radius 3 is 2.20 bits per heavy atom. The Morgan fingerprint density at radius 1 is 1.00 bits per heavy atom. The summed E-state index contributed by atoms with van der Waals surface area (Å²) in [5.74, 6) is 0.281. The minimum Gasteiger partial charge on any atom is -0.443 e. The van der Waals surface area contributed by atoms with Crippen LogP contribution in [0.5, 0.6) is 0 Å². The van der Waals surface area contributed by atoms with Gasteiger partial charge in [-0.25, -0.2) is 13.6 Å². The van der Waals surface area contributed by atoms with Crippen molar-refractivity contribution in [3.05, 3.63) is 65.8 Å². The molecule has 2 atom stereocenters.